The molecule has 0 aromatic heterocycles. The van der Waals surface area contributed by atoms with E-state index in [0.29, 0.717) is 22.9 Å². The lowest BCUT2D eigenvalue weighted by atomic mass is 10.2. The number of carbonyl (C=O) groups excluding carboxylic acids is 2. The van der Waals surface area contributed by atoms with Crippen molar-refractivity contribution < 1.29 is 14.3 Å². The molecule has 0 radical (unpaired) electrons. The number of anilines is 2. The van der Waals surface area contributed by atoms with Crippen molar-refractivity contribution in [3.8, 4) is 5.75 Å². The summed E-state index contributed by atoms with van der Waals surface area (Å²) in [4.78, 5) is 25.5. The van der Waals surface area contributed by atoms with Gasteiger partial charge in [0.2, 0.25) is 5.91 Å². The largest absolute Gasteiger partial charge is 0.484 e. The lowest BCUT2D eigenvalue weighted by Crippen LogP contribution is -2.23. The SMILES string of the molecule is Cc1cc(Cl)ccc1NC(=O)COc1ccc(N2CCCC2=O)cc1. The molecule has 6 heteroatoms. The van der Waals surface area contributed by atoms with Crippen LogP contribution in [0.5, 0.6) is 5.75 Å². The third-order valence-electron chi connectivity index (χ3n) is 4.05. The van der Waals surface area contributed by atoms with Gasteiger partial charge < -0.3 is 15.0 Å². The molecule has 2 aromatic rings. The quantitative estimate of drug-likeness (QED) is 0.884. The molecule has 2 amide bonds. The summed E-state index contributed by atoms with van der Waals surface area (Å²) in [5.41, 5.74) is 2.46. The van der Waals surface area contributed by atoms with Crippen molar-refractivity contribution in [3.63, 3.8) is 0 Å². The van der Waals surface area contributed by atoms with Gasteiger partial charge in [-0.1, -0.05) is 11.6 Å². The van der Waals surface area contributed by atoms with Gasteiger partial charge in [-0.15, -0.1) is 0 Å². The van der Waals surface area contributed by atoms with E-state index in [1.807, 2.05) is 19.1 Å². The van der Waals surface area contributed by atoms with E-state index in [-0.39, 0.29) is 18.4 Å². The van der Waals surface area contributed by atoms with Crippen molar-refractivity contribution in [1.29, 1.82) is 0 Å². The van der Waals surface area contributed by atoms with Crippen LogP contribution in [0.2, 0.25) is 5.02 Å². The number of rotatable bonds is 5. The van der Waals surface area contributed by atoms with Gasteiger partial charge in [0.15, 0.2) is 6.61 Å². The average molecular weight is 359 g/mol. The van der Waals surface area contributed by atoms with Crippen molar-refractivity contribution in [3.05, 3.63) is 53.1 Å². The Bertz CT molecular complexity index is 790. The third kappa shape index (κ3) is 4.31. The fraction of sp³-hybridized carbons (Fsp3) is 0.263. The van der Waals surface area contributed by atoms with Gasteiger partial charge in [0, 0.05) is 29.4 Å². The zero-order valence-corrected chi connectivity index (χ0v) is 14.7. The van der Waals surface area contributed by atoms with Crippen LogP contribution in [0.25, 0.3) is 0 Å². The summed E-state index contributed by atoms with van der Waals surface area (Å²) in [5.74, 6) is 0.481. The summed E-state index contributed by atoms with van der Waals surface area (Å²) in [6, 6.07) is 12.5. The Kier molecular flexibility index (Phi) is 5.24. The van der Waals surface area contributed by atoms with E-state index in [1.54, 1.807) is 35.2 Å². The molecule has 1 aliphatic rings. The molecule has 2 aromatic carbocycles. The van der Waals surface area contributed by atoms with E-state index < -0.39 is 0 Å². The first-order valence-corrected chi connectivity index (χ1v) is 8.50. The van der Waals surface area contributed by atoms with Crippen LogP contribution in [0.1, 0.15) is 18.4 Å². The standard InChI is InChI=1S/C19H19ClN2O3/c1-13-11-14(20)4-9-17(13)21-18(23)12-25-16-7-5-15(6-8-16)22-10-2-3-19(22)24/h4-9,11H,2-3,10,12H2,1H3,(H,21,23). The predicted octanol–water partition coefficient (Wildman–Crippen LogP) is 3.79. The van der Waals surface area contributed by atoms with Gasteiger partial charge in [-0.05, 0) is 61.4 Å². The Morgan fingerprint density at radius 1 is 1.24 bits per heavy atom. The maximum Gasteiger partial charge on any atom is 0.262 e. The van der Waals surface area contributed by atoms with Crippen LogP contribution >= 0.6 is 11.6 Å². The number of carbonyl (C=O) groups is 2. The molecular weight excluding hydrogens is 340 g/mol. The predicted molar refractivity (Wildman–Crippen MR) is 98.3 cm³/mol. The van der Waals surface area contributed by atoms with E-state index in [0.717, 1.165) is 24.2 Å². The number of halogens is 1. The van der Waals surface area contributed by atoms with E-state index in [9.17, 15) is 9.59 Å². The van der Waals surface area contributed by atoms with Crippen LogP contribution in [0.4, 0.5) is 11.4 Å². The number of nitrogens with one attached hydrogen (secondary N) is 1. The highest BCUT2D eigenvalue weighted by atomic mass is 35.5. The topological polar surface area (TPSA) is 58.6 Å². The number of amides is 2. The average Bonchev–Trinajstić information content (AvgIpc) is 3.02. The molecule has 1 fully saturated rings. The molecule has 0 bridgehead atoms. The van der Waals surface area contributed by atoms with Crippen molar-refractivity contribution in [2.45, 2.75) is 19.8 Å². The second kappa shape index (κ2) is 7.57. The Balaban J connectivity index is 1.54. The van der Waals surface area contributed by atoms with Crippen molar-refractivity contribution in [1.82, 2.24) is 0 Å². The molecular formula is C19H19ClN2O3. The highest BCUT2D eigenvalue weighted by molar-refractivity contribution is 6.30. The molecule has 0 unspecified atom stereocenters. The van der Waals surface area contributed by atoms with E-state index in [2.05, 4.69) is 5.32 Å². The van der Waals surface area contributed by atoms with Crippen LogP contribution in [0, 0.1) is 6.92 Å². The Hall–Kier alpha value is -2.53. The maximum atomic E-state index is 12.0. The molecule has 25 heavy (non-hydrogen) atoms. The summed E-state index contributed by atoms with van der Waals surface area (Å²) in [7, 11) is 0. The van der Waals surface area contributed by atoms with Gasteiger partial charge in [0.1, 0.15) is 5.75 Å². The highest BCUT2D eigenvalue weighted by Gasteiger charge is 2.21. The zero-order chi connectivity index (χ0) is 17.8. The van der Waals surface area contributed by atoms with Gasteiger partial charge >= 0.3 is 0 Å². The number of ether oxygens (including phenoxy) is 1. The number of hydrogen-bond donors (Lipinski definition) is 1. The van der Waals surface area contributed by atoms with Gasteiger partial charge in [-0.3, -0.25) is 9.59 Å². The molecule has 5 nitrogen and oxygen atoms in total. The van der Waals surface area contributed by atoms with Crippen LogP contribution in [0.15, 0.2) is 42.5 Å². The minimum Gasteiger partial charge on any atom is -0.484 e. The molecule has 0 saturated carbocycles. The smallest absolute Gasteiger partial charge is 0.262 e. The Morgan fingerprint density at radius 2 is 2.00 bits per heavy atom. The number of nitrogens with zero attached hydrogens (tertiary/aromatic N) is 1. The lowest BCUT2D eigenvalue weighted by molar-refractivity contribution is -0.118. The van der Waals surface area contributed by atoms with E-state index in [1.165, 1.54) is 0 Å². The number of benzene rings is 2. The maximum absolute atomic E-state index is 12.0. The molecule has 0 aliphatic carbocycles. The van der Waals surface area contributed by atoms with Gasteiger partial charge in [0.05, 0.1) is 0 Å². The minimum absolute atomic E-state index is 0.0932. The van der Waals surface area contributed by atoms with Crippen molar-refractivity contribution in [2.24, 2.45) is 0 Å². The van der Waals surface area contributed by atoms with Crippen molar-refractivity contribution in [2.75, 3.05) is 23.4 Å². The van der Waals surface area contributed by atoms with Crippen LogP contribution in [0.3, 0.4) is 0 Å². The summed E-state index contributed by atoms with van der Waals surface area (Å²) in [6.07, 6.45) is 1.49. The van der Waals surface area contributed by atoms with Crippen LogP contribution in [-0.2, 0) is 9.59 Å². The molecule has 130 valence electrons. The molecule has 1 heterocycles. The number of aryl methyl sites for hydroxylation is 1. The Labute approximate surface area is 151 Å². The summed E-state index contributed by atoms with van der Waals surface area (Å²) < 4.78 is 5.51. The molecule has 3 rings (SSSR count). The fourth-order valence-corrected chi connectivity index (χ4v) is 2.97. The van der Waals surface area contributed by atoms with E-state index in [4.69, 9.17) is 16.3 Å². The van der Waals surface area contributed by atoms with Gasteiger partial charge in [-0.2, -0.15) is 0 Å². The highest BCUT2D eigenvalue weighted by Crippen LogP contribution is 2.24. The second-order valence-electron chi connectivity index (χ2n) is 5.94. The first-order valence-electron chi connectivity index (χ1n) is 8.12. The molecule has 1 N–H and O–H groups in total. The molecule has 0 atom stereocenters. The molecule has 1 aliphatic heterocycles. The summed E-state index contributed by atoms with van der Waals surface area (Å²) in [6.45, 7) is 2.53. The summed E-state index contributed by atoms with van der Waals surface area (Å²) >= 11 is 5.90. The fourth-order valence-electron chi connectivity index (χ4n) is 2.75. The third-order valence-corrected chi connectivity index (χ3v) is 4.29. The Morgan fingerprint density at radius 3 is 2.64 bits per heavy atom. The van der Waals surface area contributed by atoms with Gasteiger partial charge in [-0.25, -0.2) is 0 Å². The van der Waals surface area contributed by atoms with Crippen molar-refractivity contribution >= 4 is 34.8 Å². The zero-order valence-electron chi connectivity index (χ0n) is 13.9. The van der Waals surface area contributed by atoms with Gasteiger partial charge in [0.25, 0.3) is 5.91 Å². The van der Waals surface area contributed by atoms with Crippen LogP contribution in [-0.4, -0.2) is 25.0 Å². The first-order chi connectivity index (χ1) is 12.0. The first kappa shape index (κ1) is 17.3. The number of hydrogen-bond acceptors (Lipinski definition) is 3. The minimum atomic E-state index is -0.246. The van der Waals surface area contributed by atoms with Crippen LogP contribution < -0.4 is 15.0 Å². The lowest BCUT2D eigenvalue weighted by Gasteiger charge is -2.16. The summed E-state index contributed by atoms with van der Waals surface area (Å²) in [5, 5.41) is 3.42. The molecule has 0 spiro atoms. The normalized spacial score (nSPS) is 13.8. The monoisotopic (exact) mass is 358 g/mol. The molecule has 1 saturated heterocycles. The second-order valence-corrected chi connectivity index (χ2v) is 6.38. The van der Waals surface area contributed by atoms with E-state index >= 15 is 0 Å².